The highest BCUT2D eigenvalue weighted by atomic mass is 17.8. The van der Waals surface area contributed by atoms with Crippen molar-refractivity contribution in [3.8, 4) is 0 Å². The smallest absolute Gasteiger partial charge is 0.00581 e. The van der Waals surface area contributed by atoms with E-state index >= 15 is 0 Å². The van der Waals surface area contributed by atoms with Gasteiger partial charge < -0.3 is 5.26 Å². The molecule has 12 heavy (non-hydrogen) atoms. The van der Waals surface area contributed by atoms with Crippen molar-refractivity contribution in [3.05, 3.63) is 0 Å². The number of hydrogen-bond acceptors (Lipinski definition) is 6. The van der Waals surface area contributed by atoms with E-state index in [-0.39, 0.29) is 0 Å². The molecule has 0 unspecified atom stereocenters. The van der Waals surface area contributed by atoms with Crippen LogP contribution in [-0.2, 0) is 20.2 Å². The van der Waals surface area contributed by atoms with Crippen LogP contribution in [0, 0.1) is 5.92 Å². The zero-order valence-electron chi connectivity index (χ0n) is 6.89. The zero-order valence-corrected chi connectivity index (χ0v) is 6.89. The fourth-order valence-electron chi connectivity index (χ4n) is 0.925. The average Bonchev–Trinajstić information content (AvgIpc) is 2.00. The van der Waals surface area contributed by atoms with E-state index in [4.69, 9.17) is 10.5 Å². The van der Waals surface area contributed by atoms with Gasteiger partial charge in [0.1, 0.15) is 0 Å². The molecule has 74 valence electrons. The topological polar surface area (TPSA) is 80.2 Å². The zero-order chi connectivity index (χ0) is 9.23. The monoisotopic (exact) mass is 181 g/mol. The largest absolute Gasteiger partial charge is 0.689 e. The first-order chi connectivity index (χ1) is 5.85. The van der Waals surface area contributed by atoms with E-state index < -0.39 is 0 Å². The van der Waals surface area contributed by atoms with Gasteiger partial charge >= 0.3 is 0 Å². The minimum atomic E-state index is 1.12. The molecule has 0 atom stereocenters. The van der Waals surface area contributed by atoms with Crippen molar-refractivity contribution in [2.24, 2.45) is 5.92 Å². The summed E-state index contributed by atoms with van der Waals surface area (Å²) in [6.07, 6.45) is 5.94. The van der Waals surface area contributed by atoms with Crippen molar-refractivity contribution in [1.82, 2.24) is 0 Å². The fraction of sp³-hybridized carbons (Fsp3) is 1.00. The lowest BCUT2D eigenvalue weighted by molar-refractivity contribution is -0.888. The molecule has 0 aliphatic heterocycles. The molecule has 1 aliphatic carbocycles. The molecule has 0 aromatic rings. The summed E-state index contributed by atoms with van der Waals surface area (Å²) >= 11 is 0. The third kappa shape index (κ3) is 6.47. The Morgan fingerprint density at radius 1 is 1.42 bits per heavy atom. The Balaban J connectivity index is 0.000000202. The van der Waals surface area contributed by atoms with Gasteiger partial charge in [0.25, 0.3) is 0 Å². The summed E-state index contributed by atoms with van der Waals surface area (Å²) in [5, 5.41) is 27.0. The maximum absolute atomic E-state index is 8.65. The Bertz CT molecular complexity index is 77.4. The molecule has 0 amide bonds. The first-order valence-electron chi connectivity index (χ1n) is 3.78. The number of rotatable bonds is 4. The van der Waals surface area contributed by atoms with Crippen molar-refractivity contribution in [2.75, 3.05) is 0 Å². The van der Waals surface area contributed by atoms with Crippen LogP contribution in [0.15, 0.2) is 0 Å². The molecule has 1 aliphatic rings. The van der Waals surface area contributed by atoms with Crippen LogP contribution in [-0.4, -0.2) is 5.26 Å². The standard InChI is InChI=1S/C6H12.H2O6/c1-2-6-4-3-5-6;1-3-5-6-4-2/h6H,2-5H2,1H3;1-2H/p-1. The maximum atomic E-state index is 8.65. The molecular formula is C6H13O6-. The molecule has 0 bridgehead atoms. The molecule has 6 nitrogen and oxygen atoms in total. The van der Waals surface area contributed by atoms with Crippen LogP contribution in [0.3, 0.4) is 0 Å². The van der Waals surface area contributed by atoms with Gasteiger partial charge in [0.05, 0.1) is 0 Å². The predicted molar refractivity (Wildman–Crippen MR) is 34.6 cm³/mol. The van der Waals surface area contributed by atoms with Crippen LogP contribution in [0.1, 0.15) is 32.6 Å². The maximum Gasteiger partial charge on any atom is -0.00581 e. The van der Waals surface area contributed by atoms with E-state index in [0.29, 0.717) is 0 Å². The second-order valence-electron chi connectivity index (χ2n) is 2.48. The van der Waals surface area contributed by atoms with Crippen molar-refractivity contribution in [2.45, 2.75) is 32.6 Å². The quantitative estimate of drug-likeness (QED) is 0.391. The van der Waals surface area contributed by atoms with Crippen LogP contribution in [0.25, 0.3) is 0 Å². The molecule has 1 rings (SSSR count). The third-order valence-corrected chi connectivity index (χ3v) is 1.89. The molecule has 0 aromatic carbocycles. The SMILES string of the molecule is CCC1CCC1.[O-]OOOOO. The van der Waals surface area contributed by atoms with Gasteiger partial charge in [-0.05, 0) is 21.0 Å². The summed E-state index contributed by atoms with van der Waals surface area (Å²) < 4.78 is 0. The first-order valence-corrected chi connectivity index (χ1v) is 3.78. The van der Waals surface area contributed by atoms with Crippen molar-refractivity contribution >= 4 is 0 Å². The minimum Gasteiger partial charge on any atom is -0.689 e. The summed E-state index contributed by atoms with van der Waals surface area (Å²) in [5.74, 6) is 1.12. The molecule has 0 radical (unpaired) electrons. The molecule has 1 N–H and O–H groups in total. The first kappa shape index (κ1) is 11.8. The summed E-state index contributed by atoms with van der Waals surface area (Å²) in [6, 6.07) is 0. The van der Waals surface area contributed by atoms with E-state index in [2.05, 4.69) is 27.1 Å². The van der Waals surface area contributed by atoms with Crippen LogP contribution in [0.5, 0.6) is 0 Å². The van der Waals surface area contributed by atoms with E-state index in [9.17, 15) is 0 Å². The van der Waals surface area contributed by atoms with Gasteiger partial charge in [-0.15, -0.1) is 0 Å². The van der Waals surface area contributed by atoms with Gasteiger partial charge in [0, 0.05) is 0 Å². The average molecular weight is 181 g/mol. The molecular weight excluding hydrogens is 168 g/mol. The van der Waals surface area contributed by atoms with Gasteiger partial charge in [0.15, 0.2) is 0 Å². The van der Waals surface area contributed by atoms with Gasteiger partial charge in [-0.3, -0.25) is 5.04 Å². The van der Waals surface area contributed by atoms with Crippen molar-refractivity contribution in [3.63, 3.8) is 0 Å². The third-order valence-electron chi connectivity index (χ3n) is 1.89. The molecule has 0 spiro atoms. The fourth-order valence-corrected chi connectivity index (χ4v) is 0.925. The molecule has 6 heteroatoms. The summed E-state index contributed by atoms with van der Waals surface area (Å²) in [6.45, 7) is 2.28. The Kier molecular flexibility index (Phi) is 8.68. The van der Waals surface area contributed by atoms with E-state index in [0.717, 1.165) is 5.92 Å². The second-order valence-corrected chi connectivity index (χ2v) is 2.48. The lowest BCUT2D eigenvalue weighted by atomic mass is 9.84. The Hall–Kier alpha value is -0.240. The predicted octanol–water partition coefficient (Wildman–Crippen LogP) is 0.743. The van der Waals surface area contributed by atoms with Crippen LogP contribution in [0.4, 0.5) is 0 Å². The van der Waals surface area contributed by atoms with E-state index in [1.807, 2.05) is 0 Å². The lowest BCUT2D eigenvalue weighted by Crippen LogP contribution is -2.08. The van der Waals surface area contributed by atoms with E-state index in [1.54, 1.807) is 0 Å². The van der Waals surface area contributed by atoms with Gasteiger partial charge in [-0.1, -0.05) is 32.6 Å². The number of hydrogen-bond donors (Lipinski definition) is 1. The highest BCUT2D eigenvalue weighted by molar-refractivity contribution is 4.66. The van der Waals surface area contributed by atoms with Gasteiger partial charge in [0.2, 0.25) is 0 Å². The highest BCUT2D eigenvalue weighted by Gasteiger charge is 2.13. The molecule has 0 aromatic heterocycles. The molecule has 1 fully saturated rings. The van der Waals surface area contributed by atoms with Crippen LogP contribution in [0.2, 0.25) is 0 Å². The lowest BCUT2D eigenvalue weighted by Gasteiger charge is -2.22. The normalized spacial score (nSPS) is 16.2. The van der Waals surface area contributed by atoms with E-state index in [1.165, 1.54) is 25.7 Å². The van der Waals surface area contributed by atoms with Gasteiger partial charge in [-0.25, -0.2) is 5.26 Å². The summed E-state index contributed by atoms with van der Waals surface area (Å²) in [4.78, 5) is 0. The summed E-state index contributed by atoms with van der Waals surface area (Å²) in [7, 11) is 0. The molecule has 1 saturated carbocycles. The molecule has 0 saturated heterocycles. The van der Waals surface area contributed by atoms with Crippen molar-refractivity contribution in [1.29, 1.82) is 0 Å². The second kappa shape index (κ2) is 8.85. The Morgan fingerprint density at radius 3 is 2.17 bits per heavy atom. The summed E-state index contributed by atoms with van der Waals surface area (Å²) in [5.41, 5.74) is 0. The Morgan fingerprint density at radius 2 is 2.08 bits per heavy atom. The van der Waals surface area contributed by atoms with Gasteiger partial charge in [-0.2, -0.15) is 0 Å². The highest BCUT2D eigenvalue weighted by Crippen LogP contribution is 2.28. The molecule has 0 heterocycles. The Labute approximate surface area is 70.3 Å². The van der Waals surface area contributed by atoms with Crippen molar-refractivity contribution < 1.29 is 30.7 Å². The minimum absolute atomic E-state index is 1.12. The van der Waals surface area contributed by atoms with Crippen LogP contribution < -0.4 is 5.26 Å². The van der Waals surface area contributed by atoms with Crippen LogP contribution >= 0.6 is 0 Å².